The molecule has 0 spiro atoms. The van der Waals surface area contributed by atoms with E-state index in [9.17, 15) is 24.0 Å². The summed E-state index contributed by atoms with van der Waals surface area (Å²) in [6.07, 6.45) is 2.40. The number of rotatable bonds is 8. The molecule has 4 amide bonds. The van der Waals surface area contributed by atoms with Crippen molar-refractivity contribution in [3.63, 3.8) is 0 Å². The maximum atomic E-state index is 13.4. The summed E-state index contributed by atoms with van der Waals surface area (Å²) in [5.74, 6) is -1.30. The van der Waals surface area contributed by atoms with Gasteiger partial charge in [0, 0.05) is 25.7 Å². The van der Waals surface area contributed by atoms with E-state index in [1.54, 1.807) is 6.92 Å². The molecular weight excluding hydrogens is 444 g/mol. The maximum absolute atomic E-state index is 13.4. The Morgan fingerprint density at radius 1 is 1.00 bits per heavy atom. The molecule has 0 aromatic heterocycles. The van der Waals surface area contributed by atoms with Crippen LogP contribution in [0.15, 0.2) is 0 Å². The summed E-state index contributed by atoms with van der Waals surface area (Å²) >= 11 is 0. The van der Waals surface area contributed by atoms with Crippen molar-refractivity contribution in [1.29, 1.82) is 0 Å². The summed E-state index contributed by atoms with van der Waals surface area (Å²) in [5, 5.41) is 2.83. The highest BCUT2D eigenvalue weighted by Crippen LogP contribution is 2.24. The van der Waals surface area contributed by atoms with Crippen LogP contribution in [0.4, 0.5) is 0 Å². The monoisotopic (exact) mass is 480 g/mol. The van der Waals surface area contributed by atoms with Gasteiger partial charge in [0.15, 0.2) is 0 Å². The smallest absolute Gasteiger partial charge is 0.329 e. The van der Waals surface area contributed by atoms with Crippen LogP contribution in [0.1, 0.15) is 52.9 Å². The lowest BCUT2D eigenvalue weighted by Crippen LogP contribution is -2.60. The van der Waals surface area contributed by atoms with Crippen molar-refractivity contribution < 1.29 is 33.4 Å². The number of esters is 1. The van der Waals surface area contributed by atoms with Crippen molar-refractivity contribution in [2.75, 3.05) is 32.8 Å². The Bertz CT molecular complexity index is 789. The molecule has 0 saturated carbocycles. The Kier molecular flexibility index (Phi) is 8.87. The van der Waals surface area contributed by atoms with Crippen LogP contribution in [0.3, 0.4) is 0 Å². The molecule has 3 heterocycles. The summed E-state index contributed by atoms with van der Waals surface area (Å²) in [5.41, 5.74) is 0. The first kappa shape index (κ1) is 25.9. The van der Waals surface area contributed by atoms with Crippen LogP contribution in [-0.4, -0.2) is 108 Å². The van der Waals surface area contributed by atoms with Crippen molar-refractivity contribution in [1.82, 2.24) is 20.0 Å². The standard InChI is InChI=1S/C23H36N4O7/c1-15(2)24-21(30)19-13-33-11-10-27(19)22(31)17-6-5-9-26(17)20(29)12-16(3)34-23(32)18-7-4-8-25(18)14-28/h14-19H,4-13H2,1-3H3,(H,24,30). The second-order valence-corrected chi connectivity index (χ2v) is 9.48. The lowest BCUT2D eigenvalue weighted by atomic mass is 10.1. The highest BCUT2D eigenvalue weighted by Gasteiger charge is 2.42. The average Bonchev–Trinajstić information content (AvgIpc) is 3.47. The van der Waals surface area contributed by atoms with Crippen molar-refractivity contribution in [2.24, 2.45) is 0 Å². The van der Waals surface area contributed by atoms with Gasteiger partial charge in [-0.1, -0.05) is 0 Å². The van der Waals surface area contributed by atoms with E-state index in [0.717, 1.165) is 6.42 Å². The molecular formula is C23H36N4O7. The Balaban J connectivity index is 1.59. The first-order chi connectivity index (χ1) is 16.2. The third-order valence-electron chi connectivity index (χ3n) is 6.48. The summed E-state index contributed by atoms with van der Waals surface area (Å²) in [7, 11) is 0. The minimum Gasteiger partial charge on any atom is -0.461 e. The van der Waals surface area contributed by atoms with Crippen LogP contribution in [0.25, 0.3) is 0 Å². The number of ether oxygens (including phenoxy) is 2. The predicted octanol–water partition coefficient (Wildman–Crippen LogP) is -0.328. The number of hydrogen-bond donors (Lipinski definition) is 1. The van der Waals surface area contributed by atoms with E-state index in [1.165, 1.54) is 14.7 Å². The molecule has 0 aromatic rings. The molecule has 3 fully saturated rings. The molecule has 11 nitrogen and oxygen atoms in total. The minimum atomic E-state index is -0.728. The number of nitrogens with one attached hydrogen (secondary N) is 1. The Labute approximate surface area is 200 Å². The molecule has 4 unspecified atom stereocenters. The molecule has 11 heteroatoms. The van der Waals surface area contributed by atoms with Crippen LogP contribution in [0.5, 0.6) is 0 Å². The number of carbonyl (C=O) groups is 5. The van der Waals surface area contributed by atoms with E-state index in [2.05, 4.69) is 5.32 Å². The normalized spacial score (nSPS) is 25.9. The van der Waals surface area contributed by atoms with Crippen molar-refractivity contribution in [2.45, 2.75) is 83.1 Å². The second-order valence-electron chi connectivity index (χ2n) is 9.48. The molecule has 3 aliphatic rings. The van der Waals surface area contributed by atoms with Gasteiger partial charge in [-0.3, -0.25) is 19.2 Å². The largest absolute Gasteiger partial charge is 0.461 e. The number of hydrogen-bond acceptors (Lipinski definition) is 7. The lowest BCUT2D eigenvalue weighted by molar-refractivity contribution is -0.158. The molecule has 4 atom stereocenters. The van der Waals surface area contributed by atoms with E-state index < -0.39 is 30.2 Å². The topological polar surface area (TPSA) is 126 Å². The van der Waals surface area contributed by atoms with Gasteiger partial charge in [0.05, 0.1) is 19.6 Å². The molecule has 3 aliphatic heterocycles. The van der Waals surface area contributed by atoms with Gasteiger partial charge in [0.2, 0.25) is 24.1 Å². The predicted molar refractivity (Wildman–Crippen MR) is 120 cm³/mol. The zero-order chi connectivity index (χ0) is 24.8. The molecule has 190 valence electrons. The van der Waals surface area contributed by atoms with Gasteiger partial charge < -0.3 is 29.5 Å². The average molecular weight is 481 g/mol. The zero-order valence-electron chi connectivity index (χ0n) is 20.2. The van der Waals surface area contributed by atoms with E-state index in [1.807, 2.05) is 13.8 Å². The molecule has 0 aromatic carbocycles. The molecule has 3 rings (SSSR count). The summed E-state index contributed by atoms with van der Waals surface area (Å²) in [6.45, 7) is 7.04. The van der Waals surface area contributed by atoms with E-state index in [4.69, 9.17) is 9.47 Å². The maximum Gasteiger partial charge on any atom is 0.329 e. The van der Waals surface area contributed by atoms with Crippen LogP contribution in [0.2, 0.25) is 0 Å². The van der Waals surface area contributed by atoms with Crippen LogP contribution < -0.4 is 5.32 Å². The number of amides is 4. The Morgan fingerprint density at radius 2 is 1.71 bits per heavy atom. The summed E-state index contributed by atoms with van der Waals surface area (Å²) in [6, 6.07) is -2.05. The van der Waals surface area contributed by atoms with E-state index >= 15 is 0 Å². The highest BCUT2D eigenvalue weighted by atomic mass is 16.5. The first-order valence-electron chi connectivity index (χ1n) is 12.1. The fourth-order valence-electron chi connectivity index (χ4n) is 4.83. The van der Waals surface area contributed by atoms with Crippen LogP contribution >= 0.6 is 0 Å². The zero-order valence-corrected chi connectivity index (χ0v) is 20.2. The van der Waals surface area contributed by atoms with Gasteiger partial charge in [0.25, 0.3) is 0 Å². The van der Waals surface area contributed by atoms with E-state index in [0.29, 0.717) is 45.4 Å². The fraction of sp³-hybridized carbons (Fsp3) is 0.783. The number of morpholine rings is 1. The second kappa shape index (κ2) is 11.6. The van der Waals surface area contributed by atoms with Gasteiger partial charge in [0.1, 0.15) is 24.2 Å². The van der Waals surface area contributed by atoms with Crippen molar-refractivity contribution >= 4 is 30.1 Å². The molecule has 0 radical (unpaired) electrons. The number of carbonyl (C=O) groups excluding carboxylic acids is 5. The fourth-order valence-corrected chi connectivity index (χ4v) is 4.83. The molecule has 0 aliphatic carbocycles. The lowest BCUT2D eigenvalue weighted by Gasteiger charge is -2.38. The van der Waals surface area contributed by atoms with Gasteiger partial charge in [-0.05, 0) is 46.5 Å². The molecule has 0 bridgehead atoms. The van der Waals surface area contributed by atoms with Gasteiger partial charge in [-0.15, -0.1) is 0 Å². The van der Waals surface area contributed by atoms with Crippen LogP contribution in [0, 0.1) is 0 Å². The summed E-state index contributed by atoms with van der Waals surface area (Å²) < 4.78 is 10.9. The number of likely N-dealkylation sites (tertiary alicyclic amines) is 2. The molecule has 1 N–H and O–H groups in total. The SMILES string of the molecule is CC(C)NC(=O)C1COCCN1C(=O)C1CCCN1C(=O)CC(C)OC(=O)C1CCCN1C=O. The Morgan fingerprint density at radius 3 is 2.41 bits per heavy atom. The minimum absolute atomic E-state index is 0.0519. The first-order valence-corrected chi connectivity index (χ1v) is 12.1. The molecule has 34 heavy (non-hydrogen) atoms. The number of nitrogens with zero attached hydrogens (tertiary/aromatic N) is 3. The van der Waals surface area contributed by atoms with Gasteiger partial charge in [-0.25, -0.2) is 4.79 Å². The van der Waals surface area contributed by atoms with Gasteiger partial charge in [-0.2, -0.15) is 0 Å². The Hall–Kier alpha value is -2.69. The summed E-state index contributed by atoms with van der Waals surface area (Å²) in [4.78, 5) is 67.0. The van der Waals surface area contributed by atoms with E-state index in [-0.39, 0.29) is 43.3 Å². The van der Waals surface area contributed by atoms with Crippen molar-refractivity contribution in [3.8, 4) is 0 Å². The highest BCUT2D eigenvalue weighted by molar-refractivity contribution is 5.93. The third kappa shape index (κ3) is 6.05. The van der Waals surface area contributed by atoms with Gasteiger partial charge >= 0.3 is 5.97 Å². The van der Waals surface area contributed by atoms with Crippen molar-refractivity contribution in [3.05, 3.63) is 0 Å². The van der Waals surface area contributed by atoms with Crippen LogP contribution in [-0.2, 0) is 33.4 Å². The quantitative estimate of drug-likeness (QED) is 0.373. The third-order valence-corrected chi connectivity index (χ3v) is 6.48. The molecule has 3 saturated heterocycles.